The summed E-state index contributed by atoms with van der Waals surface area (Å²) < 4.78 is 28.0. The summed E-state index contributed by atoms with van der Waals surface area (Å²) >= 11 is 0. The molecule has 0 aliphatic heterocycles. The Balaban J connectivity index is 0.00000392. The highest BCUT2D eigenvalue weighted by Crippen LogP contribution is 2.15. The molecule has 8 nitrogen and oxygen atoms in total. The molecule has 0 saturated heterocycles. The van der Waals surface area contributed by atoms with Gasteiger partial charge in [0.05, 0.1) is 17.1 Å². The third-order valence-electron chi connectivity index (χ3n) is 4.06. The summed E-state index contributed by atoms with van der Waals surface area (Å²) in [6.07, 6.45) is 1.60. The highest BCUT2D eigenvalue weighted by molar-refractivity contribution is 14.0. The monoisotopic (exact) mass is 521 g/mol. The Morgan fingerprint density at radius 2 is 1.82 bits per heavy atom. The molecule has 28 heavy (non-hydrogen) atoms. The van der Waals surface area contributed by atoms with Crippen LogP contribution in [0.1, 0.15) is 43.4 Å². The van der Waals surface area contributed by atoms with E-state index in [9.17, 15) is 8.42 Å². The molecule has 0 aliphatic rings. The minimum Gasteiger partial charge on any atom is -0.361 e. The van der Waals surface area contributed by atoms with Gasteiger partial charge in [0.15, 0.2) is 5.96 Å². The number of nitrogens with one attached hydrogen (secondary N) is 2. The Hall–Kier alpha value is -1.66. The van der Waals surface area contributed by atoms with Crippen LogP contribution in [0, 0.1) is 0 Å². The van der Waals surface area contributed by atoms with Crippen molar-refractivity contribution in [2.45, 2.75) is 51.6 Å². The normalized spacial score (nSPS) is 11.8. The molecule has 0 saturated carbocycles. The SMILES string of the molecule is CCNC(=NCc1ccc(S(N)(=O)=O)cc1)NCc1c(CC)noc1CC.I. The quantitative estimate of drug-likeness (QED) is 0.279. The first-order valence-corrected chi connectivity index (χ1v) is 10.5. The molecule has 0 aliphatic carbocycles. The van der Waals surface area contributed by atoms with Gasteiger partial charge in [-0.1, -0.05) is 31.1 Å². The van der Waals surface area contributed by atoms with Crippen LogP contribution in [-0.4, -0.2) is 26.1 Å². The zero-order valence-electron chi connectivity index (χ0n) is 16.4. The number of benzene rings is 1. The van der Waals surface area contributed by atoms with Crippen molar-refractivity contribution in [3.05, 3.63) is 46.8 Å². The smallest absolute Gasteiger partial charge is 0.238 e. The van der Waals surface area contributed by atoms with Gasteiger partial charge in [0.25, 0.3) is 0 Å². The van der Waals surface area contributed by atoms with Crippen LogP contribution in [0.2, 0.25) is 0 Å². The second kappa shape index (κ2) is 11.4. The lowest BCUT2D eigenvalue weighted by Crippen LogP contribution is -2.37. The van der Waals surface area contributed by atoms with E-state index < -0.39 is 10.0 Å². The maximum Gasteiger partial charge on any atom is 0.238 e. The molecule has 0 amide bonds. The summed E-state index contributed by atoms with van der Waals surface area (Å²) in [6.45, 7) is 7.78. The van der Waals surface area contributed by atoms with Gasteiger partial charge in [0.1, 0.15) is 5.76 Å². The molecule has 1 aromatic heterocycles. The molecule has 4 N–H and O–H groups in total. The largest absolute Gasteiger partial charge is 0.361 e. The number of aliphatic imine (C=N–C) groups is 1. The molecular weight excluding hydrogens is 493 g/mol. The lowest BCUT2D eigenvalue weighted by atomic mass is 10.1. The van der Waals surface area contributed by atoms with E-state index >= 15 is 0 Å². The van der Waals surface area contributed by atoms with Crippen molar-refractivity contribution in [1.82, 2.24) is 15.8 Å². The van der Waals surface area contributed by atoms with Crippen molar-refractivity contribution in [3.63, 3.8) is 0 Å². The number of sulfonamides is 1. The maximum absolute atomic E-state index is 11.3. The molecule has 0 fully saturated rings. The summed E-state index contributed by atoms with van der Waals surface area (Å²) in [5.74, 6) is 1.55. The number of rotatable bonds is 8. The molecule has 0 unspecified atom stereocenters. The fourth-order valence-electron chi connectivity index (χ4n) is 2.61. The molecule has 1 aromatic carbocycles. The van der Waals surface area contributed by atoms with Crippen LogP contribution in [0.15, 0.2) is 38.7 Å². The van der Waals surface area contributed by atoms with E-state index in [1.807, 2.05) is 20.8 Å². The van der Waals surface area contributed by atoms with E-state index in [1.54, 1.807) is 12.1 Å². The fourth-order valence-corrected chi connectivity index (χ4v) is 3.12. The van der Waals surface area contributed by atoms with E-state index in [0.29, 0.717) is 19.0 Å². The molecule has 2 rings (SSSR count). The fraction of sp³-hybridized carbons (Fsp3) is 0.444. The zero-order valence-corrected chi connectivity index (χ0v) is 19.5. The van der Waals surface area contributed by atoms with Crippen molar-refractivity contribution in [2.75, 3.05) is 6.54 Å². The summed E-state index contributed by atoms with van der Waals surface area (Å²) in [5.41, 5.74) is 2.91. The van der Waals surface area contributed by atoms with Crippen LogP contribution in [0.3, 0.4) is 0 Å². The van der Waals surface area contributed by atoms with Gasteiger partial charge >= 0.3 is 0 Å². The van der Waals surface area contributed by atoms with Crippen LogP contribution < -0.4 is 15.8 Å². The highest BCUT2D eigenvalue weighted by atomic mass is 127. The molecule has 10 heteroatoms. The third-order valence-corrected chi connectivity index (χ3v) is 4.98. The first-order chi connectivity index (χ1) is 12.9. The van der Waals surface area contributed by atoms with Crippen LogP contribution >= 0.6 is 24.0 Å². The number of nitrogens with two attached hydrogens (primary N) is 1. The number of primary sulfonamides is 1. The third kappa shape index (κ3) is 6.74. The van der Waals surface area contributed by atoms with Crippen molar-refractivity contribution < 1.29 is 12.9 Å². The number of nitrogens with zero attached hydrogens (tertiary/aromatic N) is 2. The predicted octanol–water partition coefficient (Wildman–Crippen LogP) is 2.32. The lowest BCUT2D eigenvalue weighted by Gasteiger charge is -2.12. The van der Waals surface area contributed by atoms with Gasteiger partial charge in [-0.25, -0.2) is 18.5 Å². The average molecular weight is 521 g/mol. The lowest BCUT2D eigenvalue weighted by molar-refractivity contribution is 0.380. The number of halogens is 1. The van der Waals surface area contributed by atoms with E-state index in [4.69, 9.17) is 9.66 Å². The van der Waals surface area contributed by atoms with Gasteiger partial charge in [-0.3, -0.25) is 0 Å². The Bertz CT molecular complexity index is 858. The Morgan fingerprint density at radius 1 is 1.14 bits per heavy atom. The minimum atomic E-state index is -3.68. The van der Waals surface area contributed by atoms with Crippen molar-refractivity contribution in [3.8, 4) is 0 Å². The van der Waals surface area contributed by atoms with Gasteiger partial charge in [-0.05, 0) is 31.0 Å². The van der Waals surface area contributed by atoms with E-state index in [-0.39, 0.29) is 28.9 Å². The molecule has 2 aromatic rings. The number of hydrogen-bond donors (Lipinski definition) is 3. The minimum absolute atomic E-state index is 0. The van der Waals surface area contributed by atoms with Gasteiger partial charge in [0, 0.05) is 25.1 Å². The van der Waals surface area contributed by atoms with E-state index in [2.05, 4.69) is 20.8 Å². The standard InChI is InChI=1S/C18H27N5O3S.HI/c1-4-16-15(17(5-2)26-23-16)12-22-18(20-6-3)21-11-13-7-9-14(10-8-13)27(19,24)25;/h7-10H,4-6,11-12H2,1-3H3,(H2,19,24,25)(H2,20,21,22);1H. The van der Waals surface area contributed by atoms with Crippen LogP contribution in [-0.2, 0) is 36.0 Å². The predicted molar refractivity (Wildman–Crippen MR) is 120 cm³/mol. The van der Waals surface area contributed by atoms with Crippen molar-refractivity contribution in [1.29, 1.82) is 0 Å². The maximum atomic E-state index is 11.3. The van der Waals surface area contributed by atoms with Crippen molar-refractivity contribution >= 4 is 40.0 Å². The summed E-state index contributed by atoms with van der Waals surface area (Å²) in [5, 5.41) is 15.7. The summed E-state index contributed by atoms with van der Waals surface area (Å²) in [6, 6.07) is 6.38. The zero-order chi connectivity index (χ0) is 19.9. The molecular formula is C18H28IN5O3S. The first-order valence-electron chi connectivity index (χ1n) is 8.99. The molecule has 1 heterocycles. The number of hydrogen-bond acceptors (Lipinski definition) is 5. The van der Waals surface area contributed by atoms with Crippen LogP contribution in [0.5, 0.6) is 0 Å². The van der Waals surface area contributed by atoms with Gasteiger partial charge in [0.2, 0.25) is 10.0 Å². The Kier molecular flexibility index (Phi) is 9.90. The van der Waals surface area contributed by atoms with Gasteiger partial charge in [-0.2, -0.15) is 0 Å². The topological polar surface area (TPSA) is 123 Å². The molecule has 0 spiro atoms. The van der Waals surface area contributed by atoms with Crippen molar-refractivity contribution in [2.24, 2.45) is 10.1 Å². The number of aryl methyl sites for hydroxylation is 2. The van der Waals surface area contributed by atoms with Gasteiger partial charge in [-0.15, -0.1) is 24.0 Å². The van der Waals surface area contributed by atoms with Crippen LogP contribution in [0.4, 0.5) is 0 Å². The Labute approximate surface area is 183 Å². The Morgan fingerprint density at radius 3 is 2.36 bits per heavy atom. The molecule has 0 bridgehead atoms. The molecule has 156 valence electrons. The van der Waals surface area contributed by atoms with E-state index in [1.165, 1.54) is 12.1 Å². The number of guanidine groups is 1. The first kappa shape index (κ1) is 24.4. The highest BCUT2D eigenvalue weighted by Gasteiger charge is 2.13. The van der Waals surface area contributed by atoms with Gasteiger partial charge < -0.3 is 15.2 Å². The second-order valence-corrected chi connectivity index (χ2v) is 7.54. The molecule has 0 atom stereocenters. The number of aromatic nitrogens is 1. The van der Waals surface area contributed by atoms with E-state index in [0.717, 1.165) is 42.0 Å². The molecule has 0 radical (unpaired) electrons. The summed E-state index contributed by atoms with van der Waals surface area (Å²) in [4.78, 5) is 4.64. The second-order valence-electron chi connectivity index (χ2n) is 5.98. The average Bonchev–Trinajstić information content (AvgIpc) is 3.05. The van der Waals surface area contributed by atoms with Crippen LogP contribution in [0.25, 0.3) is 0 Å². The summed E-state index contributed by atoms with van der Waals surface area (Å²) in [7, 11) is -3.68.